The van der Waals surface area contributed by atoms with Gasteiger partial charge in [0.2, 0.25) is 0 Å². The molecule has 0 unspecified atom stereocenters. The van der Waals surface area contributed by atoms with Crippen molar-refractivity contribution in [2.24, 2.45) is 5.41 Å². The quantitative estimate of drug-likeness (QED) is 0.0977. The minimum absolute atomic E-state index is 0.00968. The van der Waals surface area contributed by atoms with Gasteiger partial charge >= 0.3 is 0 Å². The Bertz CT molecular complexity index is 1540. The first-order valence-corrected chi connectivity index (χ1v) is 15.8. The molecule has 1 aromatic rings. The molecule has 8 heteroatoms. The Hall–Kier alpha value is -4.07. The van der Waals surface area contributed by atoms with Crippen LogP contribution in [0.15, 0.2) is 52.0 Å². The number of rotatable bonds is 13. The van der Waals surface area contributed by atoms with Crippen LogP contribution in [0.25, 0.3) is 6.08 Å². The van der Waals surface area contributed by atoms with E-state index in [9.17, 15) is 34.8 Å². The maximum atomic E-state index is 13.9. The topological polar surface area (TPSA) is 141 Å². The minimum atomic E-state index is -1.59. The highest BCUT2D eigenvalue weighted by Gasteiger charge is 2.48. The average molecular weight is 621 g/mol. The number of carbonyl (C=O) groups is 3. The van der Waals surface area contributed by atoms with E-state index in [2.05, 4.69) is 6.08 Å². The molecule has 0 saturated carbocycles. The third-order valence-electron chi connectivity index (χ3n) is 8.43. The molecule has 2 aliphatic rings. The van der Waals surface area contributed by atoms with Gasteiger partial charge in [-0.1, -0.05) is 37.1 Å². The molecule has 1 aromatic carbocycles. The van der Waals surface area contributed by atoms with E-state index in [1.807, 2.05) is 33.8 Å². The van der Waals surface area contributed by atoms with Crippen molar-refractivity contribution in [2.45, 2.75) is 112 Å². The third-order valence-corrected chi connectivity index (χ3v) is 8.43. The van der Waals surface area contributed by atoms with E-state index in [-0.39, 0.29) is 47.3 Å². The van der Waals surface area contributed by atoms with Crippen molar-refractivity contribution in [1.29, 1.82) is 0 Å². The number of phenols is 2. The summed E-state index contributed by atoms with van der Waals surface area (Å²) < 4.78 is 6.04. The zero-order valence-electron chi connectivity index (χ0n) is 27.9. The number of fused-ring (bicyclic) bond motifs is 1. The Morgan fingerprint density at radius 3 is 2.11 bits per heavy atom. The summed E-state index contributed by atoms with van der Waals surface area (Å²) in [5.41, 5.74) is -0.860. The fourth-order valence-electron chi connectivity index (χ4n) is 5.70. The van der Waals surface area contributed by atoms with Gasteiger partial charge in [0, 0.05) is 30.4 Å². The molecule has 1 atom stereocenters. The number of aliphatic hydroxyl groups is 2. The van der Waals surface area contributed by atoms with Crippen LogP contribution in [0.4, 0.5) is 0 Å². The molecule has 1 heterocycles. The molecule has 0 saturated heterocycles. The van der Waals surface area contributed by atoms with Gasteiger partial charge in [-0.3, -0.25) is 14.4 Å². The number of hydrogen-bond donors (Lipinski definition) is 4. The maximum absolute atomic E-state index is 13.9. The highest BCUT2D eigenvalue weighted by atomic mass is 16.5. The molecule has 0 bridgehead atoms. The number of ether oxygens (including phenoxy) is 1. The molecule has 4 N–H and O–H groups in total. The van der Waals surface area contributed by atoms with E-state index >= 15 is 0 Å². The van der Waals surface area contributed by atoms with Gasteiger partial charge < -0.3 is 25.2 Å². The zero-order chi connectivity index (χ0) is 33.9. The molecule has 0 aromatic heterocycles. The molecular weight excluding hydrogens is 572 g/mol. The lowest BCUT2D eigenvalue weighted by atomic mass is 9.69. The highest BCUT2D eigenvalue weighted by Crippen LogP contribution is 2.50. The Morgan fingerprint density at radius 2 is 1.51 bits per heavy atom. The lowest BCUT2D eigenvalue weighted by Crippen LogP contribution is -2.39. The number of ketones is 3. The summed E-state index contributed by atoms with van der Waals surface area (Å²) in [4.78, 5) is 40.4. The molecule has 0 spiro atoms. The van der Waals surface area contributed by atoms with Crippen LogP contribution in [0, 0.1) is 5.41 Å². The average Bonchev–Trinajstić information content (AvgIpc) is 2.94. The van der Waals surface area contributed by atoms with Gasteiger partial charge in [0.05, 0.1) is 11.0 Å². The number of phenolic OH excluding ortho intramolecular Hbond substituents is 2. The first-order chi connectivity index (χ1) is 21.0. The molecule has 1 aliphatic carbocycles. The van der Waals surface area contributed by atoms with Crippen molar-refractivity contribution < 1.29 is 39.5 Å². The Balaban J connectivity index is 2.24. The number of hydrogen-bond acceptors (Lipinski definition) is 8. The van der Waals surface area contributed by atoms with Crippen LogP contribution >= 0.6 is 0 Å². The van der Waals surface area contributed by atoms with Gasteiger partial charge in [-0.05, 0) is 85.8 Å². The Kier molecular flexibility index (Phi) is 11.0. The number of aliphatic hydroxyl groups excluding tert-OH is 2. The summed E-state index contributed by atoms with van der Waals surface area (Å²) >= 11 is 0. The van der Waals surface area contributed by atoms with E-state index in [4.69, 9.17) is 4.74 Å². The van der Waals surface area contributed by atoms with Crippen LogP contribution in [-0.4, -0.2) is 43.4 Å². The number of benzene rings is 1. The SMILES string of the molecule is CCCC(=O)C1=C(O)C(Cc2c(O)c3c(c(C(=O)CCC)c2O)OC(C)(C)C=C3)=C(O)[C@@](C)(CC=C(C)CCC=C(C)C)C1=O. The van der Waals surface area contributed by atoms with Crippen molar-refractivity contribution in [3.05, 3.63) is 68.7 Å². The third kappa shape index (κ3) is 7.26. The predicted octanol–water partition coefficient (Wildman–Crippen LogP) is 8.47. The first kappa shape index (κ1) is 35.4. The van der Waals surface area contributed by atoms with Gasteiger partial charge in [0.1, 0.15) is 45.5 Å². The first-order valence-electron chi connectivity index (χ1n) is 15.8. The second-order valence-corrected chi connectivity index (χ2v) is 13.1. The number of Topliss-reactive ketones (excluding diaryl/α,β-unsaturated/α-hetero) is 3. The summed E-state index contributed by atoms with van der Waals surface area (Å²) in [5.74, 6) is -3.69. The van der Waals surface area contributed by atoms with Gasteiger partial charge in [0.25, 0.3) is 0 Å². The summed E-state index contributed by atoms with van der Waals surface area (Å²) in [6, 6.07) is 0. The second kappa shape index (κ2) is 13.9. The van der Waals surface area contributed by atoms with E-state index in [0.717, 1.165) is 18.4 Å². The molecule has 0 radical (unpaired) electrons. The highest BCUT2D eigenvalue weighted by molar-refractivity contribution is 6.24. The van der Waals surface area contributed by atoms with E-state index in [0.29, 0.717) is 12.8 Å². The minimum Gasteiger partial charge on any atom is -0.511 e. The molecule has 0 fully saturated rings. The predicted molar refractivity (Wildman–Crippen MR) is 176 cm³/mol. The standard InChI is InChI=1S/C37H48O8/c1-9-12-26(38)28-31(41)24(30(40)23-17-18-36(6,7)45-33(23)28)20-25-32(42)29(27(39)13-10-2)35(44)37(8,34(25)43)19-16-22(5)15-11-14-21(3)4/h14,16-18,40-43H,9-13,15,19-20H2,1-8H3/t37-/m1/s1. The molecular formula is C37H48O8. The summed E-state index contributed by atoms with van der Waals surface area (Å²) in [6.07, 6.45) is 9.51. The van der Waals surface area contributed by atoms with Crippen LogP contribution < -0.4 is 4.74 Å². The molecule has 3 rings (SSSR count). The lowest BCUT2D eigenvalue weighted by Gasteiger charge is -2.34. The Labute approximate surface area is 266 Å². The summed E-state index contributed by atoms with van der Waals surface area (Å²) in [7, 11) is 0. The number of allylic oxidation sites excluding steroid dienone is 7. The Morgan fingerprint density at radius 1 is 0.889 bits per heavy atom. The van der Waals surface area contributed by atoms with Gasteiger partial charge in [-0.15, -0.1) is 0 Å². The van der Waals surface area contributed by atoms with E-state index in [1.165, 1.54) is 12.5 Å². The van der Waals surface area contributed by atoms with Crippen LogP contribution in [0.2, 0.25) is 0 Å². The molecule has 45 heavy (non-hydrogen) atoms. The fourth-order valence-corrected chi connectivity index (χ4v) is 5.70. The number of carbonyl (C=O) groups excluding carboxylic acids is 3. The van der Waals surface area contributed by atoms with Crippen molar-refractivity contribution in [3.63, 3.8) is 0 Å². The van der Waals surface area contributed by atoms with Crippen molar-refractivity contribution in [2.75, 3.05) is 0 Å². The molecule has 0 amide bonds. The van der Waals surface area contributed by atoms with Gasteiger partial charge in [-0.2, -0.15) is 0 Å². The van der Waals surface area contributed by atoms with Crippen LogP contribution in [0.5, 0.6) is 17.2 Å². The summed E-state index contributed by atoms with van der Waals surface area (Å²) in [5, 5.41) is 46.0. The lowest BCUT2D eigenvalue weighted by molar-refractivity contribution is -0.127. The van der Waals surface area contributed by atoms with Crippen molar-refractivity contribution in [3.8, 4) is 17.2 Å². The zero-order valence-corrected chi connectivity index (χ0v) is 27.9. The number of aromatic hydroxyl groups is 2. The fraction of sp³-hybridized carbons (Fsp3) is 0.486. The smallest absolute Gasteiger partial charge is 0.183 e. The largest absolute Gasteiger partial charge is 0.511 e. The van der Waals surface area contributed by atoms with Crippen LogP contribution in [-0.2, 0) is 16.0 Å². The molecule has 1 aliphatic heterocycles. The normalized spacial score (nSPS) is 19.4. The molecule has 8 nitrogen and oxygen atoms in total. The van der Waals surface area contributed by atoms with E-state index < -0.39 is 63.4 Å². The van der Waals surface area contributed by atoms with Crippen molar-refractivity contribution >= 4 is 23.4 Å². The summed E-state index contributed by atoms with van der Waals surface area (Å²) in [6.45, 7) is 14.7. The van der Waals surface area contributed by atoms with Gasteiger partial charge in [0.15, 0.2) is 17.3 Å². The van der Waals surface area contributed by atoms with Crippen LogP contribution in [0.3, 0.4) is 0 Å². The van der Waals surface area contributed by atoms with Crippen LogP contribution in [0.1, 0.15) is 122 Å². The maximum Gasteiger partial charge on any atom is 0.183 e. The van der Waals surface area contributed by atoms with Crippen molar-refractivity contribution in [1.82, 2.24) is 0 Å². The monoisotopic (exact) mass is 620 g/mol. The van der Waals surface area contributed by atoms with E-state index in [1.54, 1.807) is 32.9 Å². The molecule has 244 valence electrons. The van der Waals surface area contributed by atoms with Gasteiger partial charge in [-0.25, -0.2) is 0 Å². The second-order valence-electron chi connectivity index (χ2n) is 13.1.